The smallest absolute Gasteiger partial charge is 0.339 e. The second-order valence-electron chi connectivity index (χ2n) is 5.22. The Kier molecular flexibility index (Phi) is 4.39. The van der Waals surface area contributed by atoms with E-state index in [-0.39, 0.29) is 21.8 Å². The zero-order valence-electron chi connectivity index (χ0n) is 13.5. The number of nitrogens with two attached hydrogens (primary N) is 1. The van der Waals surface area contributed by atoms with E-state index in [0.717, 1.165) is 0 Å². The number of fused-ring (bicyclic) bond motifs is 1. The lowest BCUT2D eigenvalue weighted by Gasteiger charge is -2.11. The molecule has 0 bridgehead atoms. The molecule has 1 amide bonds. The number of hydrogen-bond donors (Lipinski definition) is 1. The molecule has 8 nitrogen and oxygen atoms in total. The number of benzene rings is 2. The summed E-state index contributed by atoms with van der Waals surface area (Å²) in [4.78, 5) is 22.5. The predicted octanol–water partition coefficient (Wildman–Crippen LogP) is 1.67. The van der Waals surface area contributed by atoms with E-state index in [2.05, 4.69) is 0 Å². The Morgan fingerprint density at radius 2 is 1.85 bits per heavy atom. The highest BCUT2D eigenvalue weighted by atomic mass is 32.2. The highest BCUT2D eigenvalue weighted by Gasteiger charge is 2.21. The fraction of sp³-hybridized carbons (Fsp3) is 0.0588. The molecular weight excluding hydrogens is 362 g/mol. The molecule has 0 saturated carbocycles. The summed E-state index contributed by atoms with van der Waals surface area (Å²) in [5.41, 5.74) is 4.83. The van der Waals surface area contributed by atoms with Crippen molar-refractivity contribution in [1.29, 1.82) is 0 Å². The Balaban J connectivity index is 2.05. The van der Waals surface area contributed by atoms with Crippen LogP contribution >= 0.6 is 0 Å². The van der Waals surface area contributed by atoms with Gasteiger partial charge in [0.1, 0.15) is 16.2 Å². The first-order valence-corrected chi connectivity index (χ1v) is 8.67. The second kappa shape index (κ2) is 6.52. The first-order valence-electron chi connectivity index (χ1n) is 7.26. The fourth-order valence-electron chi connectivity index (χ4n) is 2.27. The second-order valence-corrected chi connectivity index (χ2v) is 6.76. The van der Waals surface area contributed by atoms with Crippen LogP contribution in [0.3, 0.4) is 0 Å². The summed E-state index contributed by atoms with van der Waals surface area (Å²) in [5.74, 6) is -0.810. The number of ether oxygens (including phenoxy) is 1. The van der Waals surface area contributed by atoms with Crippen molar-refractivity contribution < 1.29 is 26.5 Å². The van der Waals surface area contributed by atoms with E-state index in [4.69, 9.17) is 19.1 Å². The van der Waals surface area contributed by atoms with Crippen molar-refractivity contribution in [3.05, 3.63) is 64.5 Å². The van der Waals surface area contributed by atoms with Gasteiger partial charge in [0.15, 0.2) is 5.75 Å². The van der Waals surface area contributed by atoms with Gasteiger partial charge in [-0.3, -0.25) is 4.79 Å². The molecule has 0 aliphatic heterocycles. The number of carbonyl (C=O) groups excluding carboxylic acids is 1. The average Bonchev–Trinajstić information content (AvgIpc) is 2.60. The fourth-order valence-corrected chi connectivity index (χ4v) is 3.25. The Bertz CT molecular complexity index is 1170. The van der Waals surface area contributed by atoms with Crippen LogP contribution in [0.5, 0.6) is 11.5 Å². The molecule has 0 unspecified atom stereocenters. The molecule has 0 aliphatic carbocycles. The van der Waals surface area contributed by atoms with Gasteiger partial charge in [0.2, 0.25) is 0 Å². The standard InChI is InChI=1S/C17H13NO7S/c1-23-11-3-5-13(17(18)20)15(9-11)25-26(21,22)12-4-6-14-10(8-12)2-7-16(19)24-14/h2-9H,1H3,(H2,18,20). The Morgan fingerprint density at radius 1 is 1.08 bits per heavy atom. The number of hydrogen-bond acceptors (Lipinski definition) is 7. The topological polar surface area (TPSA) is 126 Å². The zero-order valence-corrected chi connectivity index (χ0v) is 14.3. The summed E-state index contributed by atoms with van der Waals surface area (Å²) < 4.78 is 40.2. The van der Waals surface area contributed by atoms with Crippen LogP contribution in [0.25, 0.3) is 11.0 Å². The van der Waals surface area contributed by atoms with Crippen LogP contribution in [0.1, 0.15) is 10.4 Å². The minimum absolute atomic E-state index is 0.110. The first kappa shape index (κ1) is 17.5. The summed E-state index contributed by atoms with van der Waals surface area (Å²) in [6.45, 7) is 0. The number of carbonyl (C=O) groups is 1. The van der Waals surface area contributed by atoms with Gasteiger partial charge in [0.25, 0.3) is 5.91 Å². The number of methoxy groups -OCH3 is 1. The van der Waals surface area contributed by atoms with Crippen LogP contribution < -0.4 is 20.3 Å². The van der Waals surface area contributed by atoms with Crippen LogP contribution in [0, 0.1) is 0 Å². The van der Waals surface area contributed by atoms with Crippen LogP contribution in [0.4, 0.5) is 0 Å². The lowest BCUT2D eigenvalue weighted by Crippen LogP contribution is -2.16. The van der Waals surface area contributed by atoms with Crippen molar-refractivity contribution in [2.75, 3.05) is 7.11 Å². The van der Waals surface area contributed by atoms with E-state index in [0.29, 0.717) is 11.1 Å². The maximum absolute atomic E-state index is 12.6. The minimum Gasteiger partial charge on any atom is -0.497 e. The molecule has 3 aromatic rings. The minimum atomic E-state index is -4.28. The van der Waals surface area contributed by atoms with Crippen LogP contribution in [-0.2, 0) is 10.1 Å². The van der Waals surface area contributed by atoms with Crippen molar-refractivity contribution in [2.24, 2.45) is 5.73 Å². The van der Waals surface area contributed by atoms with E-state index < -0.39 is 21.7 Å². The third-order valence-corrected chi connectivity index (χ3v) is 4.76. The van der Waals surface area contributed by atoms with Gasteiger partial charge in [0.05, 0.1) is 12.7 Å². The van der Waals surface area contributed by atoms with E-state index >= 15 is 0 Å². The van der Waals surface area contributed by atoms with Crippen molar-refractivity contribution >= 4 is 27.0 Å². The summed E-state index contributed by atoms with van der Waals surface area (Å²) in [6.07, 6.45) is 0. The summed E-state index contributed by atoms with van der Waals surface area (Å²) in [7, 11) is -2.90. The summed E-state index contributed by atoms with van der Waals surface area (Å²) >= 11 is 0. The Hall–Kier alpha value is -3.33. The van der Waals surface area contributed by atoms with Crippen LogP contribution in [0.15, 0.2) is 62.6 Å². The van der Waals surface area contributed by atoms with E-state index in [1.807, 2.05) is 0 Å². The molecule has 1 heterocycles. The maximum atomic E-state index is 12.6. The summed E-state index contributed by atoms with van der Waals surface area (Å²) in [6, 6.07) is 10.5. The molecule has 134 valence electrons. The molecule has 0 atom stereocenters. The monoisotopic (exact) mass is 375 g/mol. The van der Waals surface area contributed by atoms with E-state index in [1.54, 1.807) is 0 Å². The van der Waals surface area contributed by atoms with Gasteiger partial charge >= 0.3 is 15.7 Å². The first-order chi connectivity index (χ1) is 12.3. The normalized spacial score (nSPS) is 11.3. The molecule has 2 aromatic carbocycles. The van der Waals surface area contributed by atoms with Crippen LogP contribution in [0.2, 0.25) is 0 Å². The SMILES string of the molecule is COc1ccc(C(N)=O)c(OS(=O)(=O)c2ccc3oc(=O)ccc3c2)c1. The highest BCUT2D eigenvalue weighted by molar-refractivity contribution is 7.87. The molecule has 0 spiro atoms. The third-order valence-electron chi connectivity index (χ3n) is 3.53. The van der Waals surface area contributed by atoms with Gasteiger partial charge in [-0.05, 0) is 36.4 Å². The zero-order chi connectivity index (χ0) is 18.9. The van der Waals surface area contributed by atoms with Gasteiger partial charge < -0.3 is 19.1 Å². The largest absolute Gasteiger partial charge is 0.497 e. The van der Waals surface area contributed by atoms with E-state index in [1.165, 1.54) is 55.6 Å². The molecule has 26 heavy (non-hydrogen) atoms. The molecule has 0 saturated heterocycles. The van der Waals surface area contributed by atoms with Crippen molar-refractivity contribution in [1.82, 2.24) is 0 Å². The summed E-state index contributed by atoms with van der Waals surface area (Å²) in [5, 5.41) is 0.398. The lowest BCUT2D eigenvalue weighted by atomic mass is 10.2. The number of rotatable bonds is 5. The van der Waals surface area contributed by atoms with Gasteiger partial charge in [-0.25, -0.2) is 4.79 Å². The quantitative estimate of drug-likeness (QED) is 0.531. The van der Waals surface area contributed by atoms with Crippen LogP contribution in [-0.4, -0.2) is 21.4 Å². The molecule has 9 heteroatoms. The number of primary amides is 1. The van der Waals surface area contributed by atoms with Gasteiger partial charge in [0, 0.05) is 17.5 Å². The molecule has 3 rings (SSSR count). The van der Waals surface area contributed by atoms with Crippen molar-refractivity contribution in [2.45, 2.75) is 4.90 Å². The predicted molar refractivity (Wildman–Crippen MR) is 91.8 cm³/mol. The van der Waals surface area contributed by atoms with Gasteiger partial charge in [-0.1, -0.05) is 0 Å². The van der Waals surface area contributed by atoms with Crippen molar-refractivity contribution in [3.8, 4) is 11.5 Å². The van der Waals surface area contributed by atoms with E-state index in [9.17, 15) is 18.0 Å². The lowest BCUT2D eigenvalue weighted by molar-refractivity contribution is 0.0999. The van der Waals surface area contributed by atoms with Crippen molar-refractivity contribution in [3.63, 3.8) is 0 Å². The molecule has 0 radical (unpaired) electrons. The maximum Gasteiger partial charge on any atom is 0.339 e. The third kappa shape index (κ3) is 3.38. The number of amides is 1. The average molecular weight is 375 g/mol. The highest BCUT2D eigenvalue weighted by Crippen LogP contribution is 2.28. The molecular formula is C17H13NO7S. The molecule has 0 aliphatic rings. The Morgan fingerprint density at radius 3 is 2.54 bits per heavy atom. The molecule has 1 aromatic heterocycles. The molecule has 0 fully saturated rings. The van der Waals surface area contributed by atoms with Gasteiger partial charge in [-0.2, -0.15) is 8.42 Å². The van der Waals surface area contributed by atoms with Gasteiger partial charge in [-0.15, -0.1) is 0 Å². The Labute approximate surface area is 147 Å². The molecule has 2 N–H and O–H groups in total.